The number of hydrogen-bond donors (Lipinski definition) is 1. The highest BCUT2D eigenvalue weighted by molar-refractivity contribution is 5.05. The van der Waals surface area contributed by atoms with Gasteiger partial charge in [0, 0.05) is 11.6 Å². The minimum atomic E-state index is 0.519. The van der Waals surface area contributed by atoms with Crippen LogP contribution < -0.4 is 5.32 Å². The Balaban J connectivity index is 1.86. The van der Waals surface area contributed by atoms with Crippen molar-refractivity contribution in [3.05, 3.63) is 0 Å². The van der Waals surface area contributed by atoms with Crippen molar-refractivity contribution in [1.29, 1.82) is 0 Å². The molecular formula is C10H19N. The molecule has 2 fully saturated rings. The second-order valence-corrected chi connectivity index (χ2v) is 5.08. The van der Waals surface area contributed by atoms with Gasteiger partial charge in [0.2, 0.25) is 0 Å². The Labute approximate surface area is 69.6 Å². The molecule has 0 radical (unpaired) electrons. The van der Waals surface area contributed by atoms with E-state index in [9.17, 15) is 0 Å². The van der Waals surface area contributed by atoms with E-state index >= 15 is 0 Å². The third-order valence-electron chi connectivity index (χ3n) is 3.65. The zero-order chi connectivity index (χ0) is 8.11. The lowest BCUT2D eigenvalue weighted by molar-refractivity contribution is 0.338. The fraction of sp³-hybridized carbons (Fsp3) is 1.00. The Morgan fingerprint density at radius 2 is 1.64 bits per heavy atom. The maximum Gasteiger partial charge on any atom is 0.0157 e. The predicted octanol–water partition coefficient (Wildman–Crippen LogP) is 2.32. The smallest absolute Gasteiger partial charge is 0.0157 e. The lowest BCUT2D eigenvalue weighted by Crippen LogP contribution is -2.40. The molecule has 0 amide bonds. The molecule has 64 valence electrons. The van der Waals surface area contributed by atoms with Crippen LogP contribution in [0, 0.1) is 5.41 Å². The highest BCUT2D eigenvalue weighted by Gasteiger charge is 2.47. The first-order valence-corrected chi connectivity index (χ1v) is 4.82. The zero-order valence-corrected chi connectivity index (χ0v) is 7.91. The standard InChI is InChI=1S/C10H19N/c1-8(9(2)4-5-9)11-10(3)6-7-10/h8,11H,4-7H2,1-3H3. The van der Waals surface area contributed by atoms with Crippen LogP contribution in [0.2, 0.25) is 0 Å². The Hall–Kier alpha value is -0.0400. The summed E-state index contributed by atoms with van der Waals surface area (Å²) < 4.78 is 0. The van der Waals surface area contributed by atoms with Gasteiger partial charge in [-0.2, -0.15) is 0 Å². The van der Waals surface area contributed by atoms with Crippen LogP contribution in [0.25, 0.3) is 0 Å². The molecule has 2 rings (SSSR count). The minimum absolute atomic E-state index is 0.519. The first-order valence-electron chi connectivity index (χ1n) is 4.82. The summed E-state index contributed by atoms with van der Waals surface area (Å²) in [5, 5.41) is 3.73. The van der Waals surface area contributed by atoms with Crippen LogP contribution in [0.5, 0.6) is 0 Å². The van der Waals surface area contributed by atoms with Crippen molar-refractivity contribution in [2.24, 2.45) is 5.41 Å². The maximum absolute atomic E-state index is 3.73. The number of rotatable bonds is 3. The van der Waals surface area contributed by atoms with E-state index in [4.69, 9.17) is 0 Å². The molecule has 0 bridgehead atoms. The lowest BCUT2D eigenvalue weighted by atomic mass is 10.00. The van der Waals surface area contributed by atoms with Crippen LogP contribution in [0.15, 0.2) is 0 Å². The molecule has 11 heavy (non-hydrogen) atoms. The molecule has 2 saturated carbocycles. The van der Waals surface area contributed by atoms with E-state index in [1.807, 2.05) is 0 Å². The molecule has 1 nitrogen and oxygen atoms in total. The van der Waals surface area contributed by atoms with Crippen LogP contribution in [-0.4, -0.2) is 11.6 Å². The van der Waals surface area contributed by atoms with Gasteiger partial charge in [0.05, 0.1) is 0 Å². The van der Waals surface area contributed by atoms with Gasteiger partial charge in [-0.15, -0.1) is 0 Å². The highest BCUT2D eigenvalue weighted by atomic mass is 15.1. The molecule has 1 unspecified atom stereocenters. The van der Waals surface area contributed by atoms with Crippen molar-refractivity contribution in [2.45, 2.75) is 58.0 Å². The fourth-order valence-electron chi connectivity index (χ4n) is 1.66. The van der Waals surface area contributed by atoms with Crippen LogP contribution in [0.4, 0.5) is 0 Å². The third kappa shape index (κ3) is 1.44. The van der Waals surface area contributed by atoms with Crippen LogP contribution in [0.3, 0.4) is 0 Å². The number of hydrogen-bond acceptors (Lipinski definition) is 1. The van der Waals surface area contributed by atoms with Crippen molar-refractivity contribution in [3.8, 4) is 0 Å². The largest absolute Gasteiger partial charge is 0.309 e. The molecule has 0 aromatic carbocycles. The second kappa shape index (κ2) is 2.01. The first kappa shape index (κ1) is 7.60. The van der Waals surface area contributed by atoms with E-state index in [2.05, 4.69) is 26.1 Å². The van der Waals surface area contributed by atoms with Gasteiger partial charge in [-0.05, 0) is 44.9 Å². The molecular weight excluding hydrogens is 134 g/mol. The van der Waals surface area contributed by atoms with E-state index in [1.54, 1.807) is 0 Å². The minimum Gasteiger partial charge on any atom is -0.309 e. The summed E-state index contributed by atoms with van der Waals surface area (Å²) in [6, 6.07) is 0.731. The van der Waals surface area contributed by atoms with Crippen LogP contribution in [0.1, 0.15) is 46.5 Å². The topological polar surface area (TPSA) is 12.0 Å². The Bertz CT molecular complexity index is 166. The summed E-state index contributed by atoms with van der Waals surface area (Å²) in [6.07, 6.45) is 5.62. The van der Waals surface area contributed by atoms with Gasteiger partial charge in [0.25, 0.3) is 0 Å². The molecule has 0 saturated heterocycles. The van der Waals surface area contributed by atoms with Crippen molar-refractivity contribution in [1.82, 2.24) is 5.32 Å². The molecule has 0 aliphatic heterocycles. The normalized spacial score (nSPS) is 33.0. The molecule has 0 aromatic rings. The average Bonchev–Trinajstić information content (AvgIpc) is 2.75. The molecule has 1 heteroatoms. The van der Waals surface area contributed by atoms with Crippen molar-refractivity contribution in [3.63, 3.8) is 0 Å². The molecule has 0 heterocycles. The van der Waals surface area contributed by atoms with E-state index < -0.39 is 0 Å². The number of nitrogens with one attached hydrogen (secondary N) is 1. The summed E-state index contributed by atoms with van der Waals surface area (Å²) in [5.41, 5.74) is 1.16. The third-order valence-corrected chi connectivity index (χ3v) is 3.65. The Morgan fingerprint density at radius 1 is 1.09 bits per heavy atom. The molecule has 0 spiro atoms. The highest BCUT2D eigenvalue weighted by Crippen LogP contribution is 2.49. The summed E-state index contributed by atoms with van der Waals surface area (Å²) in [7, 11) is 0. The fourth-order valence-corrected chi connectivity index (χ4v) is 1.66. The maximum atomic E-state index is 3.73. The second-order valence-electron chi connectivity index (χ2n) is 5.08. The van der Waals surface area contributed by atoms with Crippen molar-refractivity contribution < 1.29 is 0 Å². The van der Waals surface area contributed by atoms with Gasteiger partial charge in [-0.1, -0.05) is 6.92 Å². The van der Waals surface area contributed by atoms with E-state index in [1.165, 1.54) is 25.7 Å². The van der Waals surface area contributed by atoms with E-state index in [0.29, 0.717) is 11.0 Å². The van der Waals surface area contributed by atoms with Gasteiger partial charge < -0.3 is 5.32 Å². The monoisotopic (exact) mass is 153 g/mol. The van der Waals surface area contributed by atoms with Crippen molar-refractivity contribution in [2.75, 3.05) is 0 Å². The zero-order valence-electron chi connectivity index (χ0n) is 7.91. The summed E-state index contributed by atoms with van der Waals surface area (Å²) >= 11 is 0. The van der Waals surface area contributed by atoms with E-state index in [-0.39, 0.29) is 0 Å². The van der Waals surface area contributed by atoms with Gasteiger partial charge >= 0.3 is 0 Å². The summed E-state index contributed by atoms with van der Waals surface area (Å²) in [6.45, 7) is 7.09. The SMILES string of the molecule is CC(NC1(C)CC1)C1(C)CC1. The molecule has 2 aliphatic carbocycles. The molecule has 2 aliphatic rings. The Kier molecular flexibility index (Phi) is 1.39. The summed E-state index contributed by atoms with van der Waals surface area (Å²) in [5.74, 6) is 0. The quantitative estimate of drug-likeness (QED) is 0.656. The summed E-state index contributed by atoms with van der Waals surface area (Å²) in [4.78, 5) is 0. The average molecular weight is 153 g/mol. The van der Waals surface area contributed by atoms with Crippen LogP contribution >= 0.6 is 0 Å². The van der Waals surface area contributed by atoms with E-state index in [0.717, 1.165) is 6.04 Å². The van der Waals surface area contributed by atoms with Crippen molar-refractivity contribution >= 4 is 0 Å². The predicted molar refractivity (Wildman–Crippen MR) is 47.6 cm³/mol. The van der Waals surface area contributed by atoms with Crippen LogP contribution in [-0.2, 0) is 0 Å². The van der Waals surface area contributed by atoms with Gasteiger partial charge in [-0.25, -0.2) is 0 Å². The molecule has 0 aromatic heterocycles. The Morgan fingerprint density at radius 3 is 2.00 bits per heavy atom. The van der Waals surface area contributed by atoms with Gasteiger partial charge in [-0.3, -0.25) is 0 Å². The van der Waals surface area contributed by atoms with Gasteiger partial charge in [0.15, 0.2) is 0 Å². The lowest BCUT2D eigenvalue weighted by Gasteiger charge is -2.24. The first-order chi connectivity index (χ1) is 5.04. The molecule has 1 N–H and O–H groups in total. The molecule has 1 atom stereocenters. The van der Waals surface area contributed by atoms with Gasteiger partial charge in [0.1, 0.15) is 0 Å².